The van der Waals surface area contributed by atoms with Crippen molar-refractivity contribution in [2.75, 3.05) is 6.35 Å². The van der Waals surface area contributed by atoms with Crippen molar-refractivity contribution in [3.8, 4) is 16.9 Å². The van der Waals surface area contributed by atoms with E-state index in [4.69, 9.17) is 4.52 Å². The van der Waals surface area contributed by atoms with Gasteiger partial charge in [0.05, 0.1) is 5.30 Å². The van der Waals surface area contributed by atoms with Crippen molar-refractivity contribution >= 4 is 12.7 Å². The fraction of sp³-hybridized carbons (Fsp3) is 0.520. The van der Waals surface area contributed by atoms with E-state index < -0.39 is 13.7 Å². The summed E-state index contributed by atoms with van der Waals surface area (Å²) >= 11 is 0. The van der Waals surface area contributed by atoms with Crippen LogP contribution >= 0.6 is 7.37 Å². The van der Waals surface area contributed by atoms with E-state index in [2.05, 4.69) is 86.6 Å². The molecule has 2 aromatic rings. The van der Waals surface area contributed by atoms with Crippen LogP contribution in [-0.4, -0.2) is 11.5 Å². The molecule has 4 heteroatoms. The molecule has 0 amide bonds. The van der Waals surface area contributed by atoms with Gasteiger partial charge in [0.2, 0.25) is 0 Å². The Kier molecular flexibility index (Phi) is 5.13. The Bertz CT molecular complexity index is 998. The number of hydrogen-bond acceptors (Lipinski definition) is 3. The van der Waals surface area contributed by atoms with E-state index in [9.17, 15) is 9.67 Å². The van der Waals surface area contributed by atoms with Crippen LogP contribution in [0, 0.1) is 0 Å². The lowest BCUT2D eigenvalue weighted by Crippen LogP contribution is -2.26. The standard InChI is InChI=1S/C25H35O3P/c1-23(2,3)16-10-11-18-19-12-17(24(4,5)6)13-20(25(7,8)9)22(19)28-29(27,15-26)21(18)14-16/h10-14,26H,15H2,1-9H3. The monoisotopic (exact) mass is 414 g/mol. The molecule has 1 aliphatic heterocycles. The first-order valence-corrected chi connectivity index (χ1v) is 12.1. The first-order valence-electron chi connectivity index (χ1n) is 10.3. The summed E-state index contributed by atoms with van der Waals surface area (Å²) in [7, 11) is -3.41. The fourth-order valence-electron chi connectivity index (χ4n) is 3.73. The first kappa shape index (κ1) is 22.1. The van der Waals surface area contributed by atoms with Crippen LogP contribution in [0.15, 0.2) is 30.3 Å². The zero-order chi connectivity index (χ0) is 22.0. The van der Waals surface area contributed by atoms with Crippen LogP contribution in [0.3, 0.4) is 0 Å². The van der Waals surface area contributed by atoms with Gasteiger partial charge in [0.1, 0.15) is 12.1 Å². The molecule has 158 valence electrons. The Labute approximate surface area is 176 Å². The highest BCUT2D eigenvalue weighted by Crippen LogP contribution is 2.57. The zero-order valence-electron chi connectivity index (χ0n) is 19.3. The molecule has 0 spiro atoms. The molecule has 1 atom stereocenters. The average molecular weight is 415 g/mol. The van der Waals surface area contributed by atoms with Gasteiger partial charge in [0.25, 0.3) is 0 Å². The van der Waals surface area contributed by atoms with Gasteiger partial charge in [-0.15, -0.1) is 0 Å². The van der Waals surface area contributed by atoms with Crippen molar-refractivity contribution < 1.29 is 14.2 Å². The summed E-state index contributed by atoms with van der Waals surface area (Å²) < 4.78 is 19.9. The summed E-state index contributed by atoms with van der Waals surface area (Å²) in [6, 6.07) is 10.5. The van der Waals surface area contributed by atoms with Gasteiger partial charge in [-0.3, -0.25) is 4.57 Å². The van der Waals surface area contributed by atoms with Gasteiger partial charge in [0.15, 0.2) is 0 Å². The second kappa shape index (κ2) is 6.72. The summed E-state index contributed by atoms with van der Waals surface area (Å²) in [4.78, 5) is 0. The second-order valence-electron chi connectivity index (χ2n) is 11.3. The molecule has 1 N–H and O–H groups in total. The van der Waals surface area contributed by atoms with Crippen LogP contribution in [0.1, 0.15) is 79.0 Å². The van der Waals surface area contributed by atoms with Crippen LogP contribution in [0.5, 0.6) is 5.75 Å². The van der Waals surface area contributed by atoms with Crippen molar-refractivity contribution in [3.05, 3.63) is 47.0 Å². The van der Waals surface area contributed by atoms with E-state index in [0.717, 1.165) is 22.3 Å². The third-order valence-electron chi connectivity index (χ3n) is 5.71. The van der Waals surface area contributed by atoms with Gasteiger partial charge in [-0.25, -0.2) is 0 Å². The molecular formula is C25H35O3P. The molecule has 0 aliphatic carbocycles. The van der Waals surface area contributed by atoms with Gasteiger partial charge >= 0.3 is 7.37 Å². The smallest absolute Gasteiger partial charge is 0.302 e. The summed E-state index contributed by atoms with van der Waals surface area (Å²) in [5.74, 6) is 0.652. The minimum Gasteiger partial charge on any atom is -0.437 e. The molecular weight excluding hydrogens is 379 g/mol. The lowest BCUT2D eigenvalue weighted by Gasteiger charge is -2.35. The third kappa shape index (κ3) is 3.92. The largest absolute Gasteiger partial charge is 0.437 e. The van der Waals surface area contributed by atoms with Crippen molar-refractivity contribution in [2.24, 2.45) is 0 Å². The Morgan fingerprint density at radius 3 is 1.86 bits per heavy atom. The van der Waals surface area contributed by atoms with Crippen molar-refractivity contribution in [3.63, 3.8) is 0 Å². The van der Waals surface area contributed by atoms with Gasteiger partial charge in [0, 0.05) is 11.1 Å². The van der Waals surface area contributed by atoms with E-state index in [0.29, 0.717) is 11.1 Å². The Morgan fingerprint density at radius 2 is 1.38 bits per heavy atom. The molecule has 2 aromatic carbocycles. The highest BCUT2D eigenvalue weighted by atomic mass is 31.2. The molecule has 0 saturated heterocycles. The Morgan fingerprint density at radius 1 is 0.793 bits per heavy atom. The highest BCUT2D eigenvalue weighted by Gasteiger charge is 2.40. The number of benzene rings is 2. The summed E-state index contributed by atoms with van der Waals surface area (Å²) in [6.07, 6.45) is -0.502. The molecule has 3 nitrogen and oxygen atoms in total. The van der Waals surface area contributed by atoms with Crippen LogP contribution in [-0.2, 0) is 20.8 Å². The third-order valence-corrected chi connectivity index (χ3v) is 7.66. The molecule has 0 saturated carbocycles. The number of rotatable bonds is 1. The molecule has 1 heterocycles. The minimum absolute atomic E-state index is 0.0291. The maximum Gasteiger partial charge on any atom is 0.302 e. The highest BCUT2D eigenvalue weighted by molar-refractivity contribution is 7.67. The summed E-state index contributed by atoms with van der Waals surface area (Å²) in [5, 5.41) is 10.7. The second-order valence-corrected chi connectivity index (χ2v) is 13.6. The van der Waals surface area contributed by atoms with E-state index in [1.165, 1.54) is 5.56 Å². The molecule has 0 aromatic heterocycles. The minimum atomic E-state index is -3.41. The summed E-state index contributed by atoms with van der Waals surface area (Å²) in [6.45, 7) is 19.4. The maximum absolute atomic E-state index is 13.8. The topological polar surface area (TPSA) is 46.5 Å². The Balaban J connectivity index is 2.42. The molecule has 1 aliphatic rings. The van der Waals surface area contributed by atoms with E-state index in [1.807, 2.05) is 6.07 Å². The summed E-state index contributed by atoms with van der Waals surface area (Å²) in [5.41, 5.74) is 4.91. The van der Waals surface area contributed by atoms with Gasteiger partial charge in [-0.1, -0.05) is 80.5 Å². The number of fused-ring (bicyclic) bond motifs is 3. The molecule has 0 bridgehead atoms. The fourth-order valence-corrected chi connectivity index (χ4v) is 5.42. The predicted octanol–water partition coefficient (Wildman–Crippen LogP) is 6.49. The molecule has 3 rings (SSSR count). The van der Waals surface area contributed by atoms with Crippen molar-refractivity contribution in [1.82, 2.24) is 0 Å². The van der Waals surface area contributed by atoms with Crippen LogP contribution in [0.25, 0.3) is 11.1 Å². The van der Waals surface area contributed by atoms with Gasteiger partial charge < -0.3 is 9.63 Å². The zero-order valence-corrected chi connectivity index (χ0v) is 20.2. The van der Waals surface area contributed by atoms with E-state index in [1.54, 1.807) is 0 Å². The van der Waals surface area contributed by atoms with Crippen molar-refractivity contribution in [1.29, 1.82) is 0 Å². The molecule has 29 heavy (non-hydrogen) atoms. The number of aliphatic hydroxyl groups is 1. The lowest BCUT2D eigenvalue weighted by molar-refractivity contribution is 0.338. The SMILES string of the molecule is CC(C)(C)c1cc2c(c(C(C)(C)C)c1)OP(=O)(CO)c1cc(C(C)(C)C)ccc1-2. The quantitative estimate of drug-likeness (QED) is 0.542. The lowest BCUT2D eigenvalue weighted by atomic mass is 9.78. The number of aliphatic hydroxyl groups excluding tert-OH is 1. The first-order chi connectivity index (χ1) is 13.1. The molecule has 0 fully saturated rings. The normalized spacial score (nSPS) is 19.4. The average Bonchev–Trinajstić information content (AvgIpc) is 2.58. The van der Waals surface area contributed by atoms with E-state index in [-0.39, 0.29) is 16.2 Å². The maximum atomic E-state index is 13.8. The van der Waals surface area contributed by atoms with Crippen molar-refractivity contribution in [2.45, 2.75) is 78.6 Å². The van der Waals surface area contributed by atoms with Crippen LogP contribution in [0.2, 0.25) is 0 Å². The predicted molar refractivity (Wildman–Crippen MR) is 123 cm³/mol. The van der Waals surface area contributed by atoms with Crippen LogP contribution < -0.4 is 9.83 Å². The molecule has 1 unspecified atom stereocenters. The van der Waals surface area contributed by atoms with Gasteiger partial charge in [-0.05, 0) is 45.1 Å². The van der Waals surface area contributed by atoms with Crippen LogP contribution in [0.4, 0.5) is 0 Å². The number of hydrogen-bond donors (Lipinski definition) is 1. The molecule has 0 radical (unpaired) electrons. The van der Waals surface area contributed by atoms with E-state index >= 15 is 0 Å². The Hall–Kier alpha value is -1.57. The van der Waals surface area contributed by atoms with Gasteiger partial charge in [-0.2, -0.15) is 0 Å².